The van der Waals surface area contributed by atoms with Gasteiger partial charge in [-0.05, 0) is 35.5 Å². The molecule has 0 radical (unpaired) electrons. The molecule has 0 spiro atoms. The van der Waals surface area contributed by atoms with Gasteiger partial charge < -0.3 is 5.32 Å². The van der Waals surface area contributed by atoms with Crippen LogP contribution in [-0.4, -0.2) is 16.1 Å². The molecule has 1 saturated heterocycles. The zero-order valence-electron chi connectivity index (χ0n) is 11.6. The van der Waals surface area contributed by atoms with E-state index in [0.29, 0.717) is 15.8 Å². The Morgan fingerprint density at radius 2 is 2.00 bits per heavy atom. The summed E-state index contributed by atoms with van der Waals surface area (Å²) in [6.45, 7) is 0. The number of carbonyl (C=O) groups excluding carboxylic acids is 1. The van der Waals surface area contributed by atoms with E-state index in [-0.39, 0.29) is 5.91 Å². The Kier molecular flexibility index (Phi) is 4.46. The maximum absolute atomic E-state index is 11.9. The molecule has 1 aromatic heterocycles. The van der Waals surface area contributed by atoms with E-state index in [1.807, 2.05) is 48.6 Å². The number of carbonyl (C=O) groups is 1. The average Bonchev–Trinajstić information content (AvgIpc) is 2.89. The van der Waals surface area contributed by atoms with Crippen LogP contribution >= 0.6 is 11.8 Å². The van der Waals surface area contributed by atoms with Gasteiger partial charge in [0.25, 0.3) is 5.91 Å². The van der Waals surface area contributed by atoms with Crippen molar-refractivity contribution in [3.8, 4) is 0 Å². The number of aliphatic imine (C=N–C) groups is 1. The molecule has 1 N–H and O–H groups in total. The Balaban J connectivity index is 1.71. The molecule has 0 aliphatic carbocycles. The number of aromatic nitrogens is 1. The number of amides is 1. The third-order valence-corrected chi connectivity index (χ3v) is 3.79. The molecule has 0 atom stereocenters. The molecule has 1 fully saturated rings. The van der Waals surface area contributed by atoms with Gasteiger partial charge in [0.05, 0.1) is 16.8 Å². The first-order valence-corrected chi connectivity index (χ1v) is 7.54. The fraction of sp³-hybridized carbons (Fsp3) is 0. The molecule has 3 rings (SSSR count). The van der Waals surface area contributed by atoms with Gasteiger partial charge in [0.2, 0.25) is 0 Å². The fourth-order valence-electron chi connectivity index (χ4n) is 1.84. The molecule has 1 aliphatic rings. The first-order valence-electron chi connectivity index (χ1n) is 6.72. The molecule has 22 heavy (non-hydrogen) atoms. The van der Waals surface area contributed by atoms with E-state index in [1.54, 1.807) is 24.5 Å². The van der Waals surface area contributed by atoms with Gasteiger partial charge in [-0.1, -0.05) is 42.5 Å². The van der Waals surface area contributed by atoms with Crippen molar-refractivity contribution in [3.05, 3.63) is 77.5 Å². The standard InChI is InChI=1S/C17H13N3OS/c21-16-15(10-4-8-13-6-2-1-3-7-13)22-17(20-16)19-14-9-5-11-18-12-14/h1-12H,(H,19,20,21)/b8-4+,15-10-. The molecule has 2 heterocycles. The second-order valence-electron chi connectivity index (χ2n) is 4.49. The minimum atomic E-state index is -0.134. The van der Waals surface area contributed by atoms with Gasteiger partial charge >= 0.3 is 0 Å². The van der Waals surface area contributed by atoms with Crippen LogP contribution in [0.1, 0.15) is 5.56 Å². The maximum Gasteiger partial charge on any atom is 0.264 e. The highest BCUT2D eigenvalue weighted by Gasteiger charge is 2.22. The first kappa shape index (κ1) is 14.3. The van der Waals surface area contributed by atoms with Crippen molar-refractivity contribution in [2.45, 2.75) is 0 Å². The number of thioether (sulfide) groups is 1. The van der Waals surface area contributed by atoms with Gasteiger partial charge in [-0.3, -0.25) is 9.78 Å². The second kappa shape index (κ2) is 6.87. The van der Waals surface area contributed by atoms with Crippen LogP contribution in [-0.2, 0) is 4.79 Å². The molecule has 2 aromatic rings. The number of hydrogen-bond acceptors (Lipinski definition) is 4. The lowest BCUT2D eigenvalue weighted by Crippen LogP contribution is -2.19. The number of nitrogens with zero attached hydrogens (tertiary/aromatic N) is 2. The minimum absolute atomic E-state index is 0.134. The molecule has 108 valence electrons. The minimum Gasteiger partial charge on any atom is -0.300 e. The molecular weight excluding hydrogens is 294 g/mol. The van der Waals surface area contributed by atoms with Crippen LogP contribution in [0.5, 0.6) is 0 Å². The van der Waals surface area contributed by atoms with Gasteiger partial charge in [0.1, 0.15) is 0 Å². The molecule has 0 saturated carbocycles. The summed E-state index contributed by atoms with van der Waals surface area (Å²) in [6, 6.07) is 13.6. The molecule has 1 aromatic carbocycles. The van der Waals surface area contributed by atoms with E-state index < -0.39 is 0 Å². The smallest absolute Gasteiger partial charge is 0.264 e. The third-order valence-electron chi connectivity index (χ3n) is 2.86. The monoisotopic (exact) mass is 307 g/mol. The Morgan fingerprint density at radius 1 is 1.14 bits per heavy atom. The van der Waals surface area contributed by atoms with Crippen LogP contribution < -0.4 is 5.32 Å². The number of pyridine rings is 1. The number of nitrogens with one attached hydrogen (secondary N) is 1. The highest BCUT2D eigenvalue weighted by Crippen LogP contribution is 2.25. The molecular formula is C17H13N3OS. The zero-order chi connectivity index (χ0) is 15.2. The Labute approximate surface area is 132 Å². The largest absolute Gasteiger partial charge is 0.300 e. The molecule has 1 amide bonds. The summed E-state index contributed by atoms with van der Waals surface area (Å²) in [6.07, 6.45) is 8.95. The van der Waals surface area contributed by atoms with E-state index >= 15 is 0 Å². The predicted octanol–water partition coefficient (Wildman–Crippen LogP) is 3.53. The summed E-state index contributed by atoms with van der Waals surface area (Å²) in [5.41, 5.74) is 1.80. The van der Waals surface area contributed by atoms with Crippen LogP contribution in [0.3, 0.4) is 0 Å². The topological polar surface area (TPSA) is 54.4 Å². The Hall–Kier alpha value is -2.66. The number of amidine groups is 1. The van der Waals surface area contributed by atoms with E-state index in [2.05, 4.69) is 15.3 Å². The van der Waals surface area contributed by atoms with Crippen molar-refractivity contribution in [2.75, 3.05) is 0 Å². The second-order valence-corrected chi connectivity index (χ2v) is 5.52. The highest BCUT2D eigenvalue weighted by atomic mass is 32.2. The van der Waals surface area contributed by atoms with Gasteiger partial charge in [-0.2, -0.15) is 0 Å². The summed E-state index contributed by atoms with van der Waals surface area (Å²) in [5.74, 6) is -0.134. The van der Waals surface area contributed by atoms with Gasteiger partial charge in [0, 0.05) is 6.20 Å². The van der Waals surface area contributed by atoms with Crippen molar-refractivity contribution in [1.82, 2.24) is 10.3 Å². The fourth-order valence-corrected chi connectivity index (χ4v) is 2.64. The van der Waals surface area contributed by atoms with Crippen LogP contribution in [0, 0.1) is 0 Å². The third kappa shape index (κ3) is 3.71. The zero-order valence-corrected chi connectivity index (χ0v) is 12.5. The maximum atomic E-state index is 11.9. The number of allylic oxidation sites excluding steroid dienone is 2. The van der Waals surface area contributed by atoms with Crippen LogP contribution in [0.4, 0.5) is 5.69 Å². The molecule has 0 unspecified atom stereocenters. The summed E-state index contributed by atoms with van der Waals surface area (Å²) < 4.78 is 0. The van der Waals surface area contributed by atoms with Crippen molar-refractivity contribution in [3.63, 3.8) is 0 Å². The van der Waals surface area contributed by atoms with Crippen molar-refractivity contribution in [2.24, 2.45) is 4.99 Å². The highest BCUT2D eigenvalue weighted by molar-refractivity contribution is 8.18. The normalized spacial score (nSPS) is 18.3. The number of benzene rings is 1. The summed E-state index contributed by atoms with van der Waals surface area (Å²) >= 11 is 1.32. The summed E-state index contributed by atoms with van der Waals surface area (Å²) in [5, 5.41) is 3.31. The van der Waals surface area contributed by atoms with Gasteiger partial charge in [-0.25, -0.2) is 4.99 Å². The lowest BCUT2D eigenvalue weighted by molar-refractivity contribution is -0.115. The quantitative estimate of drug-likeness (QED) is 0.883. The summed E-state index contributed by atoms with van der Waals surface area (Å²) in [4.78, 5) is 20.8. The number of hydrogen-bond donors (Lipinski definition) is 1. The SMILES string of the molecule is O=C1NC(=Nc2cccnc2)S/C1=C\C=C\c1ccccc1. The van der Waals surface area contributed by atoms with E-state index in [0.717, 1.165) is 5.56 Å². The lowest BCUT2D eigenvalue weighted by atomic mass is 10.2. The Bertz CT molecular complexity index is 752. The average molecular weight is 307 g/mol. The van der Waals surface area contributed by atoms with E-state index in [4.69, 9.17) is 0 Å². The van der Waals surface area contributed by atoms with Crippen molar-refractivity contribution < 1.29 is 4.79 Å². The lowest BCUT2D eigenvalue weighted by Gasteiger charge is -1.94. The molecule has 5 heteroatoms. The van der Waals surface area contributed by atoms with Gasteiger partial charge in [0.15, 0.2) is 5.17 Å². The van der Waals surface area contributed by atoms with Crippen molar-refractivity contribution >= 4 is 34.6 Å². The number of rotatable bonds is 3. The molecule has 4 nitrogen and oxygen atoms in total. The van der Waals surface area contributed by atoms with E-state index in [9.17, 15) is 4.79 Å². The first-order chi connectivity index (χ1) is 10.8. The predicted molar refractivity (Wildman–Crippen MR) is 90.6 cm³/mol. The Morgan fingerprint density at radius 3 is 2.77 bits per heavy atom. The van der Waals surface area contributed by atoms with Crippen molar-refractivity contribution in [1.29, 1.82) is 0 Å². The molecule has 1 aliphatic heterocycles. The van der Waals surface area contributed by atoms with Crippen LogP contribution in [0.15, 0.2) is 76.9 Å². The van der Waals surface area contributed by atoms with Crippen LogP contribution in [0.2, 0.25) is 0 Å². The van der Waals surface area contributed by atoms with Crippen LogP contribution in [0.25, 0.3) is 6.08 Å². The van der Waals surface area contributed by atoms with Gasteiger partial charge in [-0.15, -0.1) is 0 Å². The summed E-state index contributed by atoms with van der Waals surface area (Å²) in [7, 11) is 0. The van der Waals surface area contributed by atoms with E-state index in [1.165, 1.54) is 11.8 Å². The molecule has 0 bridgehead atoms.